The highest BCUT2D eigenvalue weighted by Gasteiger charge is 2.29. The smallest absolute Gasteiger partial charge is 0.0742 e. The number of aromatic nitrogens is 1. The van der Waals surface area contributed by atoms with E-state index in [2.05, 4.69) is 51.2 Å². The van der Waals surface area contributed by atoms with Crippen molar-refractivity contribution in [3.63, 3.8) is 0 Å². The zero-order valence-corrected chi connectivity index (χ0v) is 15.5. The van der Waals surface area contributed by atoms with E-state index >= 15 is 0 Å². The summed E-state index contributed by atoms with van der Waals surface area (Å²) in [7, 11) is 0. The summed E-state index contributed by atoms with van der Waals surface area (Å²) in [5.41, 5.74) is 2.70. The molecule has 2 saturated heterocycles. The maximum Gasteiger partial charge on any atom is 0.0742 e. The minimum atomic E-state index is 0.333. The first-order valence-corrected chi connectivity index (χ1v) is 9.87. The van der Waals surface area contributed by atoms with E-state index in [-0.39, 0.29) is 0 Å². The number of pyridine rings is 1. The predicted molar refractivity (Wildman–Crippen MR) is 104 cm³/mol. The van der Waals surface area contributed by atoms with Crippen molar-refractivity contribution < 1.29 is 4.74 Å². The fourth-order valence-electron chi connectivity index (χ4n) is 4.27. The Morgan fingerprint density at radius 1 is 0.962 bits per heavy atom. The van der Waals surface area contributed by atoms with Crippen LogP contribution >= 0.6 is 0 Å². The van der Waals surface area contributed by atoms with Crippen LogP contribution in [-0.4, -0.2) is 59.7 Å². The van der Waals surface area contributed by atoms with Gasteiger partial charge in [-0.3, -0.25) is 14.8 Å². The van der Waals surface area contributed by atoms with Crippen LogP contribution in [0.15, 0.2) is 54.9 Å². The van der Waals surface area contributed by atoms with Crippen molar-refractivity contribution in [3.8, 4) is 0 Å². The second-order valence-electron chi connectivity index (χ2n) is 7.55. The molecule has 0 bridgehead atoms. The first-order valence-electron chi connectivity index (χ1n) is 9.87. The molecule has 26 heavy (non-hydrogen) atoms. The summed E-state index contributed by atoms with van der Waals surface area (Å²) in [5, 5.41) is 0. The van der Waals surface area contributed by atoms with Crippen LogP contribution in [0.25, 0.3) is 0 Å². The molecule has 0 radical (unpaired) electrons. The SMILES string of the molecule is c1ccc(C[C@@H]2CN(C3CCN(Cc4cccnc4)CC3)CCO2)cc1. The van der Waals surface area contributed by atoms with Crippen molar-refractivity contribution in [1.82, 2.24) is 14.8 Å². The third-order valence-electron chi connectivity index (χ3n) is 5.68. The van der Waals surface area contributed by atoms with Gasteiger partial charge in [0, 0.05) is 38.1 Å². The number of likely N-dealkylation sites (tertiary alicyclic amines) is 1. The van der Waals surface area contributed by atoms with Gasteiger partial charge in [-0.05, 0) is 49.5 Å². The van der Waals surface area contributed by atoms with Gasteiger partial charge in [-0.15, -0.1) is 0 Å². The highest BCUT2D eigenvalue weighted by molar-refractivity contribution is 5.15. The molecule has 0 spiro atoms. The fourth-order valence-corrected chi connectivity index (χ4v) is 4.27. The van der Waals surface area contributed by atoms with Gasteiger partial charge in [-0.25, -0.2) is 0 Å². The number of morpholine rings is 1. The van der Waals surface area contributed by atoms with E-state index in [0.717, 1.165) is 32.7 Å². The first kappa shape index (κ1) is 17.7. The monoisotopic (exact) mass is 351 g/mol. The standard InChI is InChI=1S/C22H29N3O/c1-2-5-19(6-3-1)15-22-18-25(13-14-26-22)21-8-11-24(12-9-21)17-20-7-4-10-23-16-20/h1-7,10,16,21-22H,8-9,11-15,17-18H2/t22-/m1/s1. The van der Waals surface area contributed by atoms with Crippen LogP contribution in [0.1, 0.15) is 24.0 Å². The molecule has 138 valence electrons. The van der Waals surface area contributed by atoms with Crippen LogP contribution in [0.3, 0.4) is 0 Å². The van der Waals surface area contributed by atoms with Crippen LogP contribution in [-0.2, 0) is 17.7 Å². The fraction of sp³-hybridized carbons (Fsp3) is 0.500. The average Bonchev–Trinajstić information content (AvgIpc) is 2.70. The molecule has 2 fully saturated rings. The van der Waals surface area contributed by atoms with Crippen molar-refractivity contribution >= 4 is 0 Å². The molecule has 1 atom stereocenters. The summed E-state index contributed by atoms with van der Waals surface area (Å²) in [5.74, 6) is 0. The molecule has 0 amide bonds. The predicted octanol–water partition coefficient (Wildman–Crippen LogP) is 2.99. The quantitative estimate of drug-likeness (QED) is 0.828. The molecule has 1 aromatic carbocycles. The summed E-state index contributed by atoms with van der Waals surface area (Å²) in [6, 6.07) is 15.6. The maximum atomic E-state index is 6.04. The molecule has 2 aliphatic rings. The number of ether oxygens (including phenoxy) is 1. The highest BCUT2D eigenvalue weighted by atomic mass is 16.5. The minimum absolute atomic E-state index is 0.333. The van der Waals surface area contributed by atoms with Gasteiger partial charge in [-0.2, -0.15) is 0 Å². The van der Waals surface area contributed by atoms with Gasteiger partial charge in [0.1, 0.15) is 0 Å². The number of hydrogen-bond donors (Lipinski definition) is 0. The second kappa shape index (κ2) is 8.76. The van der Waals surface area contributed by atoms with E-state index in [1.165, 1.54) is 37.1 Å². The topological polar surface area (TPSA) is 28.6 Å². The Labute approximate surface area is 156 Å². The third-order valence-corrected chi connectivity index (χ3v) is 5.68. The molecule has 2 aromatic rings. The largest absolute Gasteiger partial charge is 0.375 e. The zero-order valence-electron chi connectivity index (χ0n) is 15.5. The summed E-state index contributed by atoms with van der Waals surface area (Å²) in [4.78, 5) is 9.48. The van der Waals surface area contributed by atoms with Crippen LogP contribution in [0.5, 0.6) is 0 Å². The van der Waals surface area contributed by atoms with E-state index < -0.39 is 0 Å². The van der Waals surface area contributed by atoms with Gasteiger partial charge in [0.25, 0.3) is 0 Å². The molecule has 0 saturated carbocycles. The van der Waals surface area contributed by atoms with Crippen LogP contribution in [0, 0.1) is 0 Å². The van der Waals surface area contributed by atoms with E-state index in [4.69, 9.17) is 4.74 Å². The number of nitrogens with zero attached hydrogens (tertiary/aromatic N) is 3. The normalized spacial score (nSPS) is 23.2. The van der Waals surface area contributed by atoms with Crippen molar-refractivity contribution in [3.05, 3.63) is 66.0 Å². The lowest BCUT2D eigenvalue weighted by Crippen LogP contribution is -2.51. The Hall–Kier alpha value is -1.75. The first-order chi connectivity index (χ1) is 12.9. The number of hydrogen-bond acceptors (Lipinski definition) is 4. The van der Waals surface area contributed by atoms with Crippen molar-refractivity contribution in [1.29, 1.82) is 0 Å². The maximum absolute atomic E-state index is 6.04. The summed E-state index contributed by atoms with van der Waals surface area (Å²) in [6.07, 6.45) is 7.72. The Bertz CT molecular complexity index is 656. The van der Waals surface area contributed by atoms with E-state index in [1.807, 2.05) is 18.5 Å². The van der Waals surface area contributed by atoms with Crippen molar-refractivity contribution in [2.75, 3.05) is 32.8 Å². The Kier molecular flexibility index (Phi) is 5.95. The van der Waals surface area contributed by atoms with E-state index in [1.54, 1.807) is 0 Å². The summed E-state index contributed by atoms with van der Waals surface area (Å²) >= 11 is 0. The number of benzene rings is 1. The Balaban J connectivity index is 1.26. The third kappa shape index (κ3) is 4.70. The van der Waals surface area contributed by atoms with Crippen molar-refractivity contribution in [2.24, 2.45) is 0 Å². The summed E-state index contributed by atoms with van der Waals surface area (Å²) < 4.78 is 6.04. The van der Waals surface area contributed by atoms with Gasteiger partial charge in [-0.1, -0.05) is 36.4 Å². The van der Waals surface area contributed by atoms with Crippen LogP contribution < -0.4 is 0 Å². The molecule has 4 nitrogen and oxygen atoms in total. The lowest BCUT2D eigenvalue weighted by molar-refractivity contribution is -0.0514. The Morgan fingerprint density at radius 3 is 2.54 bits per heavy atom. The molecular weight excluding hydrogens is 322 g/mol. The average molecular weight is 351 g/mol. The molecule has 1 aromatic heterocycles. The van der Waals surface area contributed by atoms with Crippen LogP contribution in [0.2, 0.25) is 0 Å². The summed E-state index contributed by atoms with van der Waals surface area (Å²) in [6.45, 7) is 6.41. The molecular formula is C22H29N3O. The van der Waals surface area contributed by atoms with Gasteiger partial charge >= 0.3 is 0 Å². The van der Waals surface area contributed by atoms with E-state index in [9.17, 15) is 0 Å². The Morgan fingerprint density at radius 2 is 1.77 bits per heavy atom. The van der Waals surface area contributed by atoms with Crippen LogP contribution in [0.4, 0.5) is 0 Å². The highest BCUT2D eigenvalue weighted by Crippen LogP contribution is 2.21. The molecule has 0 unspecified atom stereocenters. The second-order valence-corrected chi connectivity index (χ2v) is 7.55. The lowest BCUT2D eigenvalue weighted by Gasteiger charge is -2.42. The molecule has 2 aliphatic heterocycles. The molecule has 3 heterocycles. The van der Waals surface area contributed by atoms with Gasteiger partial charge in [0.2, 0.25) is 0 Å². The molecule has 0 aliphatic carbocycles. The van der Waals surface area contributed by atoms with Gasteiger partial charge < -0.3 is 4.74 Å². The van der Waals surface area contributed by atoms with Gasteiger partial charge in [0.05, 0.1) is 12.7 Å². The number of piperidine rings is 1. The molecule has 4 rings (SSSR count). The lowest BCUT2D eigenvalue weighted by atomic mass is 10.00. The minimum Gasteiger partial charge on any atom is -0.375 e. The molecule has 0 N–H and O–H groups in total. The van der Waals surface area contributed by atoms with Crippen molar-refractivity contribution in [2.45, 2.75) is 38.0 Å². The number of rotatable bonds is 5. The van der Waals surface area contributed by atoms with Gasteiger partial charge in [0.15, 0.2) is 0 Å². The zero-order chi connectivity index (χ0) is 17.6. The molecule has 4 heteroatoms. The van der Waals surface area contributed by atoms with E-state index in [0.29, 0.717) is 12.1 Å².